The van der Waals surface area contributed by atoms with Gasteiger partial charge in [-0.25, -0.2) is 8.42 Å². The summed E-state index contributed by atoms with van der Waals surface area (Å²) in [5, 5.41) is 12.9. The van der Waals surface area contributed by atoms with Gasteiger partial charge < -0.3 is 5.11 Å². The fourth-order valence-corrected chi connectivity index (χ4v) is 4.62. The highest BCUT2D eigenvalue weighted by Gasteiger charge is 2.37. The van der Waals surface area contributed by atoms with E-state index in [2.05, 4.69) is 18.9 Å². The number of hydrogen-bond acceptors (Lipinski definition) is 4. The van der Waals surface area contributed by atoms with E-state index in [4.69, 9.17) is 5.11 Å². The molecule has 1 aliphatic heterocycles. The predicted octanol–water partition coefficient (Wildman–Crippen LogP) is 0.931. The molecular weight excluding hydrogens is 278 g/mol. The number of aliphatic hydroxyl groups is 1. The standard InChI is InChI=1S/C13H23N3O3S/c1-10-6-11(2)12(3)16(8-10)20(18,19)13-7-14-15(9-13)4-5-17/h7,9-12,17H,4-6,8H2,1-3H3. The van der Waals surface area contributed by atoms with Gasteiger partial charge in [-0.15, -0.1) is 0 Å². The Kier molecular flexibility index (Phi) is 4.51. The Morgan fingerprint density at radius 3 is 2.75 bits per heavy atom. The largest absolute Gasteiger partial charge is 0.394 e. The van der Waals surface area contributed by atoms with Gasteiger partial charge in [-0.2, -0.15) is 9.40 Å². The molecule has 3 unspecified atom stereocenters. The molecule has 1 saturated heterocycles. The molecule has 1 aromatic rings. The van der Waals surface area contributed by atoms with E-state index in [9.17, 15) is 8.42 Å². The minimum Gasteiger partial charge on any atom is -0.394 e. The maximum absolute atomic E-state index is 12.7. The molecule has 1 aliphatic rings. The predicted molar refractivity (Wildman–Crippen MR) is 75.6 cm³/mol. The minimum atomic E-state index is -3.51. The van der Waals surface area contributed by atoms with Crippen molar-refractivity contribution in [1.29, 1.82) is 0 Å². The Balaban J connectivity index is 2.28. The summed E-state index contributed by atoms with van der Waals surface area (Å²) < 4.78 is 28.5. The van der Waals surface area contributed by atoms with Crippen LogP contribution in [0.25, 0.3) is 0 Å². The van der Waals surface area contributed by atoms with E-state index in [1.807, 2.05) is 6.92 Å². The topological polar surface area (TPSA) is 75.4 Å². The molecule has 0 aliphatic carbocycles. The van der Waals surface area contributed by atoms with E-state index in [1.54, 1.807) is 4.31 Å². The lowest BCUT2D eigenvalue weighted by Crippen LogP contribution is -2.48. The fraction of sp³-hybridized carbons (Fsp3) is 0.769. The molecule has 1 fully saturated rings. The van der Waals surface area contributed by atoms with Crippen LogP contribution in [0, 0.1) is 11.8 Å². The molecule has 0 bridgehead atoms. The number of rotatable bonds is 4. The lowest BCUT2D eigenvalue weighted by atomic mass is 9.88. The second-order valence-electron chi connectivity index (χ2n) is 5.80. The smallest absolute Gasteiger partial charge is 0.246 e. The van der Waals surface area contributed by atoms with Crippen LogP contribution in [0.1, 0.15) is 27.2 Å². The first-order valence-corrected chi connectivity index (χ1v) is 8.45. The second kappa shape index (κ2) is 5.83. The maximum Gasteiger partial charge on any atom is 0.246 e. The molecule has 3 atom stereocenters. The molecule has 0 amide bonds. The molecule has 0 saturated carbocycles. The minimum absolute atomic E-state index is 0.00241. The van der Waals surface area contributed by atoms with E-state index in [1.165, 1.54) is 17.1 Å². The fourth-order valence-electron chi connectivity index (χ4n) is 2.82. The van der Waals surface area contributed by atoms with Gasteiger partial charge in [0, 0.05) is 18.8 Å². The maximum atomic E-state index is 12.7. The van der Waals surface area contributed by atoms with Crippen LogP contribution in [0.15, 0.2) is 17.3 Å². The molecule has 6 nitrogen and oxygen atoms in total. The summed E-state index contributed by atoms with van der Waals surface area (Å²) in [7, 11) is -3.51. The summed E-state index contributed by atoms with van der Waals surface area (Å²) in [5.74, 6) is 0.712. The SMILES string of the molecule is CC1CC(C)C(C)N(S(=O)(=O)c2cnn(CCO)c2)C1. The number of sulfonamides is 1. The van der Waals surface area contributed by atoms with Crippen molar-refractivity contribution in [3.8, 4) is 0 Å². The van der Waals surface area contributed by atoms with E-state index < -0.39 is 10.0 Å². The molecule has 114 valence electrons. The van der Waals surface area contributed by atoms with Gasteiger partial charge in [-0.05, 0) is 25.2 Å². The highest BCUT2D eigenvalue weighted by molar-refractivity contribution is 7.89. The van der Waals surface area contributed by atoms with Crippen molar-refractivity contribution in [2.75, 3.05) is 13.2 Å². The first kappa shape index (κ1) is 15.5. The van der Waals surface area contributed by atoms with Crippen LogP contribution in [0.4, 0.5) is 0 Å². The van der Waals surface area contributed by atoms with E-state index in [0.717, 1.165) is 6.42 Å². The van der Waals surface area contributed by atoms with Gasteiger partial charge >= 0.3 is 0 Å². The number of aliphatic hydroxyl groups excluding tert-OH is 1. The van der Waals surface area contributed by atoms with Crippen LogP contribution in [0.5, 0.6) is 0 Å². The molecular formula is C13H23N3O3S. The summed E-state index contributed by atoms with van der Waals surface area (Å²) in [6.07, 6.45) is 3.90. The summed E-state index contributed by atoms with van der Waals surface area (Å²) in [5.41, 5.74) is 0. The first-order chi connectivity index (χ1) is 9.36. The van der Waals surface area contributed by atoms with Gasteiger partial charge in [-0.1, -0.05) is 13.8 Å². The van der Waals surface area contributed by atoms with Crippen LogP contribution in [-0.2, 0) is 16.6 Å². The highest BCUT2D eigenvalue weighted by atomic mass is 32.2. The van der Waals surface area contributed by atoms with Gasteiger partial charge in [0.1, 0.15) is 4.90 Å². The first-order valence-electron chi connectivity index (χ1n) is 7.01. The number of hydrogen-bond donors (Lipinski definition) is 1. The van der Waals surface area contributed by atoms with E-state index in [-0.39, 0.29) is 17.5 Å². The van der Waals surface area contributed by atoms with Crippen molar-refractivity contribution in [2.45, 2.75) is 44.7 Å². The van der Waals surface area contributed by atoms with Gasteiger partial charge in [0.2, 0.25) is 10.0 Å². The molecule has 2 heterocycles. The van der Waals surface area contributed by atoms with Gasteiger partial charge in [-0.3, -0.25) is 4.68 Å². The molecule has 0 radical (unpaired) electrons. The molecule has 1 aromatic heterocycles. The third-order valence-corrected chi connectivity index (χ3v) is 5.99. The molecule has 20 heavy (non-hydrogen) atoms. The molecule has 1 N–H and O–H groups in total. The summed E-state index contributed by atoms with van der Waals surface area (Å²) in [6, 6.07) is -0.00241. The van der Waals surface area contributed by atoms with Crippen LogP contribution < -0.4 is 0 Å². The van der Waals surface area contributed by atoms with Crippen molar-refractivity contribution >= 4 is 10.0 Å². The quantitative estimate of drug-likeness (QED) is 0.897. The monoisotopic (exact) mass is 301 g/mol. The lowest BCUT2D eigenvalue weighted by molar-refractivity contribution is 0.157. The van der Waals surface area contributed by atoms with Crippen molar-refractivity contribution in [3.63, 3.8) is 0 Å². The number of aromatic nitrogens is 2. The van der Waals surface area contributed by atoms with E-state index >= 15 is 0 Å². The van der Waals surface area contributed by atoms with Crippen molar-refractivity contribution in [1.82, 2.24) is 14.1 Å². The average molecular weight is 301 g/mol. The van der Waals surface area contributed by atoms with Crippen LogP contribution in [0.2, 0.25) is 0 Å². The highest BCUT2D eigenvalue weighted by Crippen LogP contribution is 2.31. The van der Waals surface area contributed by atoms with Crippen molar-refractivity contribution in [3.05, 3.63) is 12.4 Å². The second-order valence-corrected chi connectivity index (χ2v) is 7.69. The van der Waals surface area contributed by atoms with Crippen LogP contribution in [0.3, 0.4) is 0 Å². The summed E-state index contributed by atoms with van der Waals surface area (Å²) >= 11 is 0. The Labute approximate surface area is 120 Å². The Bertz CT molecular complexity index is 555. The van der Waals surface area contributed by atoms with Crippen molar-refractivity contribution < 1.29 is 13.5 Å². The normalized spacial score (nSPS) is 28.7. The summed E-state index contributed by atoms with van der Waals surface area (Å²) in [6.45, 7) is 6.94. The molecule has 0 aromatic carbocycles. The zero-order valence-corrected chi connectivity index (χ0v) is 13.0. The summed E-state index contributed by atoms with van der Waals surface area (Å²) in [4.78, 5) is 0.208. The molecule has 2 rings (SSSR count). The molecule has 0 spiro atoms. The average Bonchev–Trinajstić information content (AvgIpc) is 2.83. The lowest BCUT2D eigenvalue weighted by Gasteiger charge is -2.39. The number of nitrogens with zero attached hydrogens (tertiary/aromatic N) is 3. The van der Waals surface area contributed by atoms with Gasteiger partial charge in [0.25, 0.3) is 0 Å². The van der Waals surface area contributed by atoms with Gasteiger partial charge in [0.05, 0.1) is 19.3 Å². The zero-order chi connectivity index (χ0) is 14.9. The van der Waals surface area contributed by atoms with Crippen LogP contribution >= 0.6 is 0 Å². The zero-order valence-electron chi connectivity index (χ0n) is 12.2. The Hall–Kier alpha value is -0.920. The van der Waals surface area contributed by atoms with Crippen molar-refractivity contribution in [2.24, 2.45) is 11.8 Å². The Morgan fingerprint density at radius 1 is 1.40 bits per heavy atom. The number of piperidine rings is 1. The third kappa shape index (κ3) is 2.89. The molecule has 7 heteroatoms. The van der Waals surface area contributed by atoms with E-state index in [0.29, 0.717) is 24.9 Å². The third-order valence-electron chi connectivity index (χ3n) is 4.09. The van der Waals surface area contributed by atoms with Gasteiger partial charge in [0.15, 0.2) is 0 Å². The Morgan fingerprint density at radius 2 is 2.10 bits per heavy atom. The van der Waals surface area contributed by atoms with Crippen LogP contribution in [-0.4, -0.2) is 46.8 Å².